The number of aromatic nitrogens is 2. The van der Waals surface area contributed by atoms with Crippen LogP contribution in [0.2, 0.25) is 0 Å². The molecule has 175 valence electrons. The third kappa shape index (κ3) is 5.26. The van der Waals surface area contributed by atoms with Gasteiger partial charge in [0.15, 0.2) is 5.78 Å². The van der Waals surface area contributed by atoms with E-state index in [0.717, 1.165) is 22.5 Å². The number of fused-ring (bicyclic) bond motifs is 7. The summed E-state index contributed by atoms with van der Waals surface area (Å²) in [4.78, 5) is 19.8. The monoisotopic (exact) mass is 620 g/mol. The van der Waals surface area contributed by atoms with E-state index in [1.54, 1.807) is 5.56 Å². The minimum absolute atomic E-state index is 0. The number of pyridine rings is 2. The zero-order chi connectivity index (χ0) is 23.0. The van der Waals surface area contributed by atoms with Crippen molar-refractivity contribution in [2.75, 3.05) is 0 Å². The van der Waals surface area contributed by atoms with Gasteiger partial charge in [0.05, 0.1) is 11.3 Å². The van der Waals surface area contributed by atoms with Gasteiger partial charge < -0.3 is 10.1 Å². The molecular weight excluding hydrogens is 589 g/mol. The Morgan fingerprint density at radius 2 is 1.79 bits per heavy atom. The molecule has 0 saturated heterocycles. The number of hydrogen-bond donors (Lipinski definition) is 1. The van der Waals surface area contributed by atoms with Crippen LogP contribution in [0.15, 0.2) is 48.4 Å². The number of hydrogen-bond acceptors (Lipinski definition) is 4. The quantitative estimate of drug-likeness (QED) is 0.195. The topological polar surface area (TPSA) is 63.1 Å². The Kier molecular flexibility index (Phi) is 7.55. The molecule has 2 aliphatic carbocycles. The fraction of sp³-hybridized carbons (Fsp3) is 0.393. The van der Waals surface area contributed by atoms with Crippen molar-refractivity contribution in [3.05, 3.63) is 71.3 Å². The number of rotatable bonds is 2. The molecule has 1 N–H and O–H groups in total. The summed E-state index contributed by atoms with van der Waals surface area (Å²) in [7, 11) is 0. The molecule has 2 atom stereocenters. The van der Waals surface area contributed by atoms with Gasteiger partial charge >= 0.3 is 0 Å². The molecule has 5 heteroatoms. The van der Waals surface area contributed by atoms with Gasteiger partial charge in [-0.2, -0.15) is 0 Å². The number of aliphatic hydroxyl groups excluding tert-OH is 1. The number of para-hydroxylation sites is 1. The predicted molar refractivity (Wildman–Crippen MR) is 129 cm³/mol. The van der Waals surface area contributed by atoms with Crippen LogP contribution in [0.25, 0.3) is 22.2 Å². The largest absolute Gasteiger partial charge is 0.512 e. The van der Waals surface area contributed by atoms with Gasteiger partial charge in [-0.1, -0.05) is 50.7 Å². The molecular formula is C28H31IrN2O2-. The fourth-order valence-corrected chi connectivity index (χ4v) is 5.01. The molecule has 5 rings (SSSR count). The molecule has 1 aromatic carbocycles. The Morgan fingerprint density at radius 1 is 1.12 bits per heavy atom. The van der Waals surface area contributed by atoms with E-state index in [2.05, 4.69) is 51.1 Å². The van der Waals surface area contributed by atoms with Gasteiger partial charge in [0.25, 0.3) is 0 Å². The van der Waals surface area contributed by atoms with Crippen LogP contribution in [0.1, 0.15) is 82.5 Å². The molecule has 1 saturated carbocycles. The standard InChI is InChI=1S/C23H23N2.C5H8O2.Ir/c1-23(2,3)19-11-10-16(13-24-19)22-21-15-9-8-14(12-15)20(21)17-6-4-5-7-18(17)25-22;1-4(6)3-5(2)7;/h4-7,11,13-15H,8-9,12H2,1-3H3;3,6H,1-2H3;/q-1;;. The Balaban J connectivity index is 0.000000337. The molecule has 0 aliphatic heterocycles. The SMILES string of the molecule is CC(=O)C=C(C)O.CC(C)(C)c1c[c-]c(-c2nc3ccccc3c3c2C2CCC3C2)cn1.[Ir]. The Bertz CT molecular complexity index is 1190. The number of benzene rings is 1. The van der Waals surface area contributed by atoms with Gasteiger partial charge in [0, 0.05) is 31.6 Å². The van der Waals surface area contributed by atoms with Crippen LogP contribution in [-0.4, -0.2) is 20.9 Å². The third-order valence-electron chi connectivity index (χ3n) is 6.35. The summed E-state index contributed by atoms with van der Waals surface area (Å²) < 4.78 is 0. The van der Waals surface area contributed by atoms with E-state index >= 15 is 0 Å². The second-order valence-electron chi connectivity index (χ2n) is 10.0. The number of allylic oxidation sites excluding steroid dienone is 2. The molecule has 3 aromatic rings. The normalized spacial score (nSPS) is 18.9. The minimum Gasteiger partial charge on any atom is -0.512 e. The number of carbonyl (C=O) groups is 1. The van der Waals surface area contributed by atoms with Gasteiger partial charge in [0.1, 0.15) is 0 Å². The van der Waals surface area contributed by atoms with E-state index < -0.39 is 0 Å². The molecule has 4 nitrogen and oxygen atoms in total. The summed E-state index contributed by atoms with van der Waals surface area (Å²) in [5, 5.41) is 9.72. The van der Waals surface area contributed by atoms with E-state index in [0.29, 0.717) is 11.8 Å². The van der Waals surface area contributed by atoms with Crippen molar-refractivity contribution in [1.82, 2.24) is 9.97 Å². The first-order chi connectivity index (χ1) is 15.1. The maximum absolute atomic E-state index is 10.0. The van der Waals surface area contributed by atoms with Crippen LogP contribution < -0.4 is 0 Å². The summed E-state index contributed by atoms with van der Waals surface area (Å²) in [6, 6.07) is 14.2. The average Bonchev–Trinajstić information content (AvgIpc) is 3.35. The second-order valence-corrected chi connectivity index (χ2v) is 10.0. The van der Waals surface area contributed by atoms with Crippen molar-refractivity contribution < 1.29 is 30.0 Å². The maximum atomic E-state index is 10.0. The van der Waals surface area contributed by atoms with Crippen LogP contribution in [0, 0.1) is 6.07 Å². The van der Waals surface area contributed by atoms with Crippen molar-refractivity contribution in [1.29, 1.82) is 0 Å². The van der Waals surface area contributed by atoms with Gasteiger partial charge in [0.2, 0.25) is 0 Å². The Hall–Kier alpha value is -2.36. The van der Waals surface area contributed by atoms with Gasteiger partial charge in [-0.25, -0.2) is 0 Å². The molecule has 0 amide bonds. The van der Waals surface area contributed by atoms with Crippen LogP contribution >= 0.6 is 0 Å². The van der Waals surface area contributed by atoms with Crippen molar-refractivity contribution in [2.24, 2.45) is 0 Å². The van der Waals surface area contributed by atoms with Crippen LogP contribution in [0.5, 0.6) is 0 Å². The van der Waals surface area contributed by atoms with E-state index in [1.807, 2.05) is 12.3 Å². The third-order valence-corrected chi connectivity index (χ3v) is 6.35. The van der Waals surface area contributed by atoms with Crippen LogP contribution in [0.4, 0.5) is 0 Å². The average molecular weight is 620 g/mol. The summed E-state index contributed by atoms with van der Waals surface area (Å²) >= 11 is 0. The molecule has 2 bridgehead atoms. The van der Waals surface area contributed by atoms with Crippen molar-refractivity contribution in [3.8, 4) is 11.3 Å². The molecule has 33 heavy (non-hydrogen) atoms. The summed E-state index contributed by atoms with van der Waals surface area (Å²) in [6.07, 6.45) is 7.07. The Morgan fingerprint density at radius 3 is 2.33 bits per heavy atom. The van der Waals surface area contributed by atoms with Gasteiger partial charge in [-0.05, 0) is 73.4 Å². The first kappa shape index (κ1) is 25.3. The van der Waals surface area contributed by atoms with E-state index in [1.165, 1.54) is 50.1 Å². The summed E-state index contributed by atoms with van der Waals surface area (Å²) in [6.45, 7) is 9.41. The van der Waals surface area contributed by atoms with Gasteiger partial charge in [-0.3, -0.25) is 9.78 Å². The fourth-order valence-electron chi connectivity index (χ4n) is 5.01. The van der Waals surface area contributed by atoms with Crippen molar-refractivity contribution in [2.45, 2.75) is 71.1 Å². The molecule has 1 fully saturated rings. The van der Waals surface area contributed by atoms with E-state index in [4.69, 9.17) is 15.1 Å². The van der Waals surface area contributed by atoms with Crippen LogP contribution in [-0.2, 0) is 30.3 Å². The Labute approximate surface area is 209 Å². The maximum Gasteiger partial charge on any atom is 0.155 e. The van der Waals surface area contributed by atoms with Crippen molar-refractivity contribution >= 4 is 16.7 Å². The van der Waals surface area contributed by atoms with Crippen LogP contribution in [0.3, 0.4) is 0 Å². The summed E-state index contributed by atoms with van der Waals surface area (Å²) in [5.74, 6) is 1.32. The summed E-state index contributed by atoms with van der Waals surface area (Å²) in [5.41, 5.74) is 7.44. The second kappa shape index (κ2) is 9.87. The molecule has 2 aliphatic rings. The number of carbonyl (C=O) groups excluding carboxylic acids is 1. The first-order valence-electron chi connectivity index (χ1n) is 11.3. The van der Waals surface area contributed by atoms with E-state index in [-0.39, 0.29) is 37.1 Å². The molecule has 2 unspecified atom stereocenters. The zero-order valence-corrected chi connectivity index (χ0v) is 22.3. The molecule has 0 spiro atoms. The van der Waals surface area contributed by atoms with Crippen molar-refractivity contribution in [3.63, 3.8) is 0 Å². The number of nitrogens with zero attached hydrogens (tertiary/aromatic N) is 2. The smallest absolute Gasteiger partial charge is 0.155 e. The zero-order valence-electron chi connectivity index (χ0n) is 19.9. The number of aliphatic hydroxyl groups is 1. The number of ketones is 1. The van der Waals surface area contributed by atoms with Gasteiger partial charge in [-0.15, -0.1) is 17.7 Å². The molecule has 2 aromatic heterocycles. The minimum atomic E-state index is -0.125. The predicted octanol–water partition coefficient (Wildman–Crippen LogP) is 6.79. The van der Waals surface area contributed by atoms with E-state index in [9.17, 15) is 4.79 Å². The first-order valence-corrected chi connectivity index (χ1v) is 11.3. The molecule has 2 heterocycles. The molecule has 1 radical (unpaired) electrons.